The van der Waals surface area contributed by atoms with E-state index >= 15 is 0 Å². The highest BCUT2D eigenvalue weighted by Gasteiger charge is 2.19. The zero-order chi connectivity index (χ0) is 13.5. The zero-order valence-electron chi connectivity index (χ0n) is 11.6. The molecular formula is C20H16. The Kier molecular flexibility index (Phi) is 2.50. The molecule has 0 spiro atoms. The average molecular weight is 256 g/mol. The van der Waals surface area contributed by atoms with Crippen molar-refractivity contribution in [2.45, 2.75) is 13.3 Å². The first-order chi connectivity index (χ1) is 9.84. The zero-order valence-corrected chi connectivity index (χ0v) is 11.6. The van der Waals surface area contributed by atoms with E-state index in [4.69, 9.17) is 0 Å². The molecule has 0 radical (unpaired) electrons. The van der Waals surface area contributed by atoms with Gasteiger partial charge in [0.25, 0.3) is 0 Å². The quantitative estimate of drug-likeness (QED) is 0.404. The van der Waals surface area contributed by atoms with Gasteiger partial charge in [0.05, 0.1) is 0 Å². The lowest BCUT2D eigenvalue weighted by molar-refractivity contribution is 1.21. The third kappa shape index (κ3) is 1.61. The van der Waals surface area contributed by atoms with Crippen LogP contribution < -0.4 is 0 Å². The molecule has 0 nitrogen and oxygen atoms in total. The highest BCUT2D eigenvalue weighted by Crippen LogP contribution is 2.41. The van der Waals surface area contributed by atoms with Gasteiger partial charge in [0.2, 0.25) is 0 Å². The number of hydrogen-bond acceptors (Lipinski definition) is 0. The van der Waals surface area contributed by atoms with Crippen molar-refractivity contribution >= 4 is 0 Å². The number of aryl methyl sites for hydroxylation is 1. The molecule has 0 unspecified atom stereocenters. The first-order valence-corrected chi connectivity index (χ1v) is 7.11. The van der Waals surface area contributed by atoms with Crippen molar-refractivity contribution < 1.29 is 0 Å². The molecular weight excluding hydrogens is 240 g/mol. The van der Waals surface area contributed by atoms with E-state index in [9.17, 15) is 0 Å². The lowest BCUT2D eigenvalue weighted by Crippen LogP contribution is -1.90. The Bertz CT molecular complexity index is 797. The minimum atomic E-state index is 1.01. The lowest BCUT2D eigenvalue weighted by Gasteiger charge is -2.13. The van der Waals surface area contributed by atoms with Gasteiger partial charge in [0, 0.05) is 0 Å². The summed E-state index contributed by atoms with van der Waals surface area (Å²) < 4.78 is 0. The normalized spacial score (nSPS) is 12.1. The Morgan fingerprint density at radius 3 is 2.00 bits per heavy atom. The van der Waals surface area contributed by atoms with Gasteiger partial charge in [-0.15, -0.1) is 0 Å². The van der Waals surface area contributed by atoms with E-state index < -0.39 is 0 Å². The summed E-state index contributed by atoms with van der Waals surface area (Å²) in [5, 5.41) is 0. The number of fused-ring (bicyclic) bond motifs is 5. The fourth-order valence-electron chi connectivity index (χ4n) is 3.31. The molecule has 96 valence electrons. The molecule has 3 aromatic rings. The third-order valence-electron chi connectivity index (χ3n) is 4.25. The van der Waals surface area contributed by atoms with Crippen LogP contribution in [0, 0.1) is 6.92 Å². The Morgan fingerprint density at radius 2 is 1.20 bits per heavy atom. The molecule has 1 aliphatic carbocycles. The van der Waals surface area contributed by atoms with Crippen LogP contribution in [0.5, 0.6) is 0 Å². The van der Waals surface area contributed by atoms with Gasteiger partial charge in [-0.25, -0.2) is 0 Å². The fraction of sp³-hybridized carbons (Fsp3) is 0.100. The van der Waals surface area contributed by atoms with Gasteiger partial charge in [-0.05, 0) is 52.3 Å². The first-order valence-electron chi connectivity index (χ1n) is 7.11. The number of benzene rings is 3. The molecule has 0 fully saturated rings. The molecule has 0 heterocycles. The van der Waals surface area contributed by atoms with Crippen molar-refractivity contribution in [1.82, 2.24) is 0 Å². The topological polar surface area (TPSA) is 0 Å². The number of rotatable bonds is 0. The minimum Gasteiger partial charge on any atom is -0.0619 e. The van der Waals surface area contributed by atoms with E-state index in [0.717, 1.165) is 6.42 Å². The third-order valence-corrected chi connectivity index (χ3v) is 4.25. The predicted molar refractivity (Wildman–Crippen MR) is 84.9 cm³/mol. The molecule has 0 atom stereocenters. The Hall–Kier alpha value is -2.34. The van der Waals surface area contributed by atoms with E-state index in [2.05, 4.69) is 73.7 Å². The van der Waals surface area contributed by atoms with Crippen LogP contribution >= 0.6 is 0 Å². The van der Waals surface area contributed by atoms with Crippen LogP contribution in [-0.4, -0.2) is 0 Å². The van der Waals surface area contributed by atoms with Crippen LogP contribution in [-0.2, 0) is 6.42 Å². The lowest BCUT2D eigenvalue weighted by atomic mass is 9.91. The standard InChI is InChI=1S/C20H16/c1-14-7-6-12-19-17-10-4-2-8-15(17)13-16-9-3-5-11-18(16)20(14)19/h2-12H,13H2,1H3. The Morgan fingerprint density at radius 1 is 0.600 bits per heavy atom. The molecule has 0 heteroatoms. The molecule has 3 aromatic carbocycles. The van der Waals surface area contributed by atoms with Gasteiger partial charge < -0.3 is 0 Å². The van der Waals surface area contributed by atoms with Crippen LogP contribution in [0.2, 0.25) is 0 Å². The predicted octanol–water partition coefficient (Wildman–Crippen LogP) is 5.23. The molecule has 0 N–H and O–H groups in total. The largest absolute Gasteiger partial charge is 0.0619 e. The second-order valence-electron chi connectivity index (χ2n) is 5.49. The monoisotopic (exact) mass is 256 g/mol. The highest BCUT2D eigenvalue weighted by atomic mass is 14.2. The van der Waals surface area contributed by atoms with Crippen LogP contribution in [0.25, 0.3) is 22.3 Å². The average Bonchev–Trinajstić information content (AvgIpc) is 2.62. The summed E-state index contributed by atoms with van der Waals surface area (Å²) in [6, 6.07) is 24.2. The smallest absolute Gasteiger partial charge is 0.00134 e. The fourth-order valence-corrected chi connectivity index (χ4v) is 3.31. The van der Waals surface area contributed by atoms with Crippen LogP contribution in [0.1, 0.15) is 16.7 Å². The molecule has 0 amide bonds. The van der Waals surface area contributed by atoms with E-state index in [1.165, 1.54) is 38.9 Å². The summed E-state index contributed by atoms with van der Waals surface area (Å²) in [6.07, 6.45) is 1.01. The van der Waals surface area contributed by atoms with Crippen molar-refractivity contribution in [2.24, 2.45) is 0 Å². The van der Waals surface area contributed by atoms with Gasteiger partial charge in [-0.1, -0.05) is 66.7 Å². The maximum absolute atomic E-state index is 2.26. The van der Waals surface area contributed by atoms with Crippen molar-refractivity contribution in [3.8, 4) is 22.3 Å². The maximum atomic E-state index is 2.26. The van der Waals surface area contributed by atoms with Crippen molar-refractivity contribution in [3.63, 3.8) is 0 Å². The second kappa shape index (κ2) is 4.35. The molecule has 0 aromatic heterocycles. The van der Waals surface area contributed by atoms with Crippen molar-refractivity contribution in [2.75, 3.05) is 0 Å². The van der Waals surface area contributed by atoms with Gasteiger partial charge in [-0.3, -0.25) is 0 Å². The van der Waals surface area contributed by atoms with Crippen LogP contribution in [0.15, 0.2) is 66.7 Å². The molecule has 1 aliphatic rings. The maximum Gasteiger partial charge on any atom is -0.00134 e. The van der Waals surface area contributed by atoms with Crippen molar-refractivity contribution in [3.05, 3.63) is 83.4 Å². The molecule has 0 aliphatic heterocycles. The molecule has 0 saturated heterocycles. The summed E-state index contributed by atoms with van der Waals surface area (Å²) in [4.78, 5) is 0. The van der Waals surface area contributed by atoms with Crippen molar-refractivity contribution in [1.29, 1.82) is 0 Å². The van der Waals surface area contributed by atoms with E-state index in [-0.39, 0.29) is 0 Å². The minimum absolute atomic E-state index is 1.01. The summed E-state index contributed by atoms with van der Waals surface area (Å²) >= 11 is 0. The van der Waals surface area contributed by atoms with Gasteiger partial charge in [-0.2, -0.15) is 0 Å². The van der Waals surface area contributed by atoms with Gasteiger partial charge in [0.15, 0.2) is 0 Å². The van der Waals surface area contributed by atoms with Gasteiger partial charge in [0.1, 0.15) is 0 Å². The summed E-state index contributed by atoms with van der Waals surface area (Å²) in [6.45, 7) is 2.21. The van der Waals surface area contributed by atoms with Crippen LogP contribution in [0.4, 0.5) is 0 Å². The van der Waals surface area contributed by atoms with Crippen LogP contribution in [0.3, 0.4) is 0 Å². The number of hydrogen-bond donors (Lipinski definition) is 0. The Balaban J connectivity index is 2.16. The molecule has 0 bridgehead atoms. The molecule has 20 heavy (non-hydrogen) atoms. The van der Waals surface area contributed by atoms with E-state index in [0.29, 0.717) is 0 Å². The first kappa shape index (κ1) is 11.5. The second-order valence-corrected chi connectivity index (χ2v) is 5.49. The highest BCUT2D eigenvalue weighted by molar-refractivity contribution is 5.90. The van der Waals surface area contributed by atoms with E-state index in [1.54, 1.807) is 0 Å². The Labute approximate surface area is 119 Å². The summed E-state index contributed by atoms with van der Waals surface area (Å²) in [5.41, 5.74) is 9.72. The summed E-state index contributed by atoms with van der Waals surface area (Å²) in [5.74, 6) is 0. The van der Waals surface area contributed by atoms with E-state index in [1.807, 2.05) is 0 Å². The van der Waals surface area contributed by atoms with Gasteiger partial charge >= 0.3 is 0 Å². The SMILES string of the molecule is Cc1cccc2c1-c1ccccc1Cc1ccccc1-2. The summed E-state index contributed by atoms with van der Waals surface area (Å²) in [7, 11) is 0. The molecule has 0 saturated carbocycles. The molecule has 4 rings (SSSR count).